The number of nitrogens with zero attached hydrogens (tertiary/aromatic N) is 5. The average Bonchev–Trinajstić information content (AvgIpc) is 2.48. The molecule has 72 valence electrons. The van der Waals surface area contributed by atoms with Crippen LogP contribution in [0, 0.1) is 0 Å². The van der Waals surface area contributed by atoms with Crippen molar-refractivity contribution in [3.8, 4) is 0 Å². The number of likely N-dealkylation sites (tertiary alicyclic amines) is 1. The topological polar surface area (TPSA) is 46.8 Å². The first-order chi connectivity index (χ1) is 6.16. The van der Waals surface area contributed by atoms with Crippen LogP contribution >= 0.6 is 0 Å². The van der Waals surface area contributed by atoms with Crippen LogP contribution in [-0.4, -0.2) is 37.2 Å². The van der Waals surface area contributed by atoms with E-state index in [0.717, 1.165) is 12.4 Å². The molecule has 0 radical (unpaired) electrons. The lowest BCUT2D eigenvalue weighted by Crippen LogP contribution is -2.52. The third-order valence-electron chi connectivity index (χ3n) is 2.69. The van der Waals surface area contributed by atoms with E-state index in [1.165, 1.54) is 11.2 Å². The van der Waals surface area contributed by atoms with Gasteiger partial charge in [-0.1, -0.05) is 0 Å². The van der Waals surface area contributed by atoms with Crippen molar-refractivity contribution in [2.45, 2.75) is 38.9 Å². The molecular formula is C8H15N5. The largest absolute Gasteiger partial charge is 0.290 e. The highest BCUT2D eigenvalue weighted by Crippen LogP contribution is 2.25. The summed E-state index contributed by atoms with van der Waals surface area (Å²) in [5.41, 5.74) is 0. The Morgan fingerprint density at radius 2 is 2.08 bits per heavy atom. The number of aryl methyl sites for hydroxylation is 1. The van der Waals surface area contributed by atoms with Crippen LogP contribution in [0.25, 0.3) is 0 Å². The fraction of sp³-hybridized carbons (Fsp3) is 0.875. The van der Waals surface area contributed by atoms with Crippen LogP contribution in [0.4, 0.5) is 0 Å². The molecule has 2 atom stereocenters. The molecule has 0 amide bonds. The Bertz CT molecular complexity index is 286. The summed E-state index contributed by atoms with van der Waals surface area (Å²) < 4.78 is 0. The monoisotopic (exact) mass is 181 g/mol. The first-order valence-electron chi connectivity index (χ1n) is 4.65. The Morgan fingerprint density at radius 1 is 1.38 bits per heavy atom. The van der Waals surface area contributed by atoms with Crippen LogP contribution in [0.1, 0.15) is 26.1 Å². The summed E-state index contributed by atoms with van der Waals surface area (Å²) in [6.07, 6.45) is 1.28. The molecule has 1 aliphatic rings. The predicted octanol–water partition coefficient (Wildman–Crippen LogP) is 0.193. The number of hydrogen-bond acceptors (Lipinski definition) is 4. The minimum atomic E-state index is 0.666. The minimum Gasteiger partial charge on any atom is -0.290 e. The van der Waals surface area contributed by atoms with E-state index < -0.39 is 0 Å². The molecule has 1 saturated heterocycles. The first-order valence-corrected chi connectivity index (χ1v) is 4.65. The molecule has 2 unspecified atom stereocenters. The fourth-order valence-corrected chi connectivity index (χ4v) is 1.92. The summed E-state index contributed by atoms with van der Waals surface area (Å²) in [5, 5.41) is 11.9. The Morgan fingerprint density at radius 3 is 2.54 bits per heavy atom. The molecular weight excluding hydrogens is 166 g/mol. The van der Waals surface area contributed by atoms with Crippen molar-refractivity contribution in [2.24, 2.45) is 7.05 Å². The van der Waals surface area contributed by atoms with E-state index in [1.807, 2.05) is 0 Å². The molecule has 5 heteroatoms. The van der Waals surface area contributed by atoms with Crippen molar-refractivity contribution >= 4 is 0 Å². The van der Waals surface area contributed by atoms with Crippen LogP contribution < -0.4 is 0 Å². The summed E-state index contributed by atoms with van der Waals surface area (Å²) in [7, 11) is 1.79. The van der Waals surface area contributed by atoms with E-state index in [1.54, 1.807) is 7.05 Å². The van der Waals surface area contributed by atoms with E-state index in [0.29, 0.717) is 12.1 Å². The van der Waals surface area contributed by atoms with Gasteiger partial charge < -0.3 is 0 Å². The van der Waals surface area contributed by atoms with E-state index in [9.17, 15) is 0 Å². The number of aromatic nitrogens is 4. The third-order valence-corrected chi connectivity index (χ3v) is 2.69. The predicted molar refractivity (Wildman–Crippen MR) is 47.9 cm³/mol. The minimum absolute atomic E-state index is 0.666. The zero-order chi connectivity index (χ0) is 9.42. The van der Waals surface area contributed by atoms with Gasteiger partial charge in [-0.05, 0) is 25.5 Å². The molecule has 2 heterocycles. The van der Waals surface area contributed by atoms with Crippen LogP contribution in [0.3, 0.4) is 0 Å². The molecule has 1 fully saturated rings. The Hall–Kier alpha value is -0.970. The van der Waals surface area contributed by atoms with Gasteiger partial charge in [-0.15, -0.1) is 10.2 Å². The number of hydrogen-bond donors (Lipinski definition) is 0. The Balaban J connectivity index is 1.98. The highest BCUT2D eigenvalue weighted by Gasteiger charge is 2.32. The standard InChI is InChI=1S/C8H15N5/c1-6-4-7(2)13(6)5-8-9-11-12(3)10-8/h6-7H,4-5H2,1-3H3. The summed E-state index contributed by atoms with van der Waals surface area (Å²) in [6.45, 7) is 5.29. The van der Waals surface area contributed by atoms with Gasteiger partial charge in [-0.25, -0.2) is 0 Å². The van der Waals surface area contributed by atoms with Crippen molar-refractivity contribution in [3.05, 3.63) is 5.82 Å². The molecule has 2 rings (SSSR count). The van der Waals surface area contributed by atoms with Crippen molar-refractivity contribution in [3.63, 3.8) is 0 Å². The molecule has 0 aliphatic carbocycles. The molecule has 1 aromatic rings. The second-order valence-electron chi connectivity index (χ2n) is 3.80. The van der Waals surface area contributed by atoms with Gasteiger partial charge in [-0.3, -0.25) is 4.90 Å². The fourth-order valence-electron chi connectivity index (χ4n) is 1.92. The maximum Gasteiger partial charge on any atom is 0.188 e. The van der Waals surface area contributed by atoms with Crippen molar-refractivity contribution in [1.29, 1.82) is 0 Å². The summed E-state index contributed by atoms with van der Waals surface area (Å²) >= 11 is 0. The van der Waals surface area contributed by atoms with Gasteiger partial charge in [0.15, 0.2) is 5.82 Å². The first kappa shape index (κ1) is 8.62. The van der Waals surface area contributed by atoms with Crippen LogP contribution in [0.2, 0.25) is 0 Å². The third kappa shape index (κ3) is 1.56. The van der Waals surface area contributed by atoms with E-state index in [4.69, 9.17) is 0 Å². The lowest BCUT2D eigenvalue weighted by Gasteiger charge is -2.44. The lowest BCUT2D eigenvalue weighted by molar-refractivity contribution is 0.0269. The molecule has 5 nitrogen and oxygen atoms in total. The average molecular weight is 181 g/mol. The molecule has 0 spiro atoms. The molecule has 13 heavy (non-hydrogen) atoms. The van der Waals surface area contributed by atoms with Crippen LogP contribution in [0.5, 0.6) is 0 Å². The number of rotatable bonds is 2. The molecule has 0 saturated carbocycles. The van der Waals surface area contributed by atoms with Gasteiger partial charge in [0.1, 0.15) is 0 Å². The van der Waals surface area contributed by atoms with Gasteiger partial charge >= 0.3 is 0 Å². The molecule has 0 N–H and O–H groups in total. The highest BCUT2D eigenvalue weighted by atomic mass is 15.6. The molecule has 1 aliphatic heterocycles. The van der Waals surface area contributed by atoms with Crippen molar-refractivity contribution < 1.29 is 0 Å². The summed E-state index contributed by atoms with van der Waals surface area (Å²) in [5.74, 6) is 0.820. The van der Waals surface area contributed by atoms with Gasteiger partial charge in [-0.2, -0.15) is 4.80 Å². The molecule has 0 bridgehead atoms. The van der Waals surface area contributed by atoms with Gasteiger partial charge in [0.25, 0.3) is 0 Å². The summed E-state index contributed by atoms with van der Waals surface area (Å²) in [4.78, 5) is 3.89. The second-order valence-corrected chi connectivity index (χ2v) is 3.80. The van der Waals surface area contributed by atoms with Gasteiger partial charge in [0.05, 0.1) is 13.6 Å². The van der Waals surface area contributed by atoms with E-state index in [2.05, 4.69) is 34.2 Å². The SMILES string of the molecule is CC1CC(C)N1Cc1nnn(C)n1. The molecule has 0 aromatic carbocycles. The van der Waals surface area contributed by atoms with Gasteiger partial charge in [0, 0.05) is 12.1 Å². The smallest absolute Gasteiger partial charge is 0.188 e. The summed E-state index contributed by atoms with van der Waals surface area (Å²) in [6, 6.07) is 1.33. The lowest BCUT2D eigenvalue weighted by atomic mass is 9.96. The zero-order valence-corrected chi connectivity index (χ0v) is 8.30. The van der Waals surface area contributed by atoms with E-state index >= 15 is 0 Å². The highest BCUT2D eigenvalue weighted by molar-refractivity contribution is 4.90. The number of tetrazole rings is 1. The van der Waals surface area contributed by atoms with Crippen molar-refractivity contribution in [2.75, 3.05) is 0 Å². The second kappa shape index (κ2) is 3.06. The van der Waals surface area contributed by atoms with Crippen LogP contribution in [0.15, 0.2) is 0 Å². The quantitative estimate of drug-likeness (QED) is 0.653. The normalized spacial score (nSPS) is 28.8. The zero-order valence-electron chi connectivity index (χ0n) is 8.30. The maximum absolute atomic E-state index is 4.15. The van der Waals surface area contributed by atoms with E-state index in [-0.39, 0.29) is 0 Å². The van der Waals surface area contributed by atoms with Gasteiger partial charge in [0.2, 0.25) is 0 Å². The van der Waals surface area contributed by atoms with Crippen molar-refractivity contribution in [1.82, 2.24) is 25.1 Å². The molecule has 1 aromatic heterocycles. The van der Waals surface area contributed by atoms with Crippen LogP contribution in [-0.2, 0) is 13.6 Å². The Labute approximate surface area is 77.7 Å². The Kier molecular flexibility index (Phi) is 2.03. The maximum atomic E-state index is 4.15.